The van der Waals surface area contributed by atoms with Crippen molar-refractivity contribution < 1.29 is 9.53 Å². The van der Waals surface area contributed by atoms with Crippen LogP contribution in [0.3, 0.4) is 0 Å². The maximum Gasteiger partial charge on any atom is 0.302 e. The van der Waals surface area contributed by atoms with Crippen molar-refractivity contribution in [1.29, 1.82) is 0 Å². The molecule has 0 saturated heterocycles. The van der Waals surface area contributed by atoms with Crippen LogP contribution in [-0.4, -0.2) is 12.1 Å². The summed E-state index contributed by atoms with van der Waals surface area (Å²) in [6, 6.07) is 0. The van der Waals surface area contributed by atoms with E-state index in [4.69, 9.17) is 4.74 Å². The first-order valence-electron chi connectivity index (χ1n) is 9.19. The van der Waals surface area contributed by atoms with Gasteiger partial charge < -0.3 is 4.74 Å². The van der Waals surface area contributed by atoms with Crippen LogP contribution in [0.25, 0.3) is 0 Å². The Kier molecular flexibility index (Phi) is 4.16. The maximum absolute atomic E-state index is 11.1. The van der Waals surface area contributed by atoms with E-state index in [1.165, 1.54) is 57.4 Å². The zero-order chi connectivity index (χ0) is 16.0. The summed E-state index contributed by atoms with van der Waals surface area (Å²) in [5.74, 6) is 1.60. The molecule has 0 spiro atoms. The van der Waals surface area contributed by atoms with Crippen molar-refractivity contribution in [2.45, 2.75) is 84.7 Å². The fourth-order valence-electron chi connectivity index (χ4n) is 5.58. The minimum absolute atomic E-state index is 0.119. The van der Waals surface area contributed by atoms with E-state index in [1.807, 2.05) is 0 Å². The average Bonchev–Trinajstić information content (AvgIpc) is 2.76. The molecule has 0 aromatic rings. The van der Waals surface area contributed by atoms with E-state index in [1.54, 1.807) is 0 Å². The molecule has 3 saturated carbocycles. The third kappa shape index (κ3) is 2.74. The Bertz CT molecular complexity index is 458. The van der Waals surface area contributed by atoms with Crippen LogP contribution in [0.1, 0.15) is 78.6 Å². The summed E-state index contributed by atoms with van der Waals surface area (Å²) >= 11 is 0. The first kappa shape index (κ1) is 16.1. The predicted molar refractivity (Wildman–Crippen MR) is 89.4 cm³/mol. The molecule has 0 N–H and O–H groups in total. The number of carbonyl (C=O) groups is 1. The Morgan fingerprint density at radius 2 is 1.77 bits per heavy atom. The van der Waals surface area contributed by atoms with Gasteiger partial charge in [-0.2, -0.15) is 0 Å². The Hall–Kier alpha value is -0.790. The number of hydrogen-bond donors (Lipinski definition) is 0. The van der Waals surface area contributed by atoms with Gasteiger partial charge in [-0.3, -0.25) is 4.79 Å². The quantitative estimate of drug-likeness (QED) is 0.513. The first-order chi connectivity index (χ1) is 10.3. The van der Waals surface area contributed by atoms with Crippen LogP contribution >= 0.6 is 0 Å². The highest BCUT2D eigenvalue weighted by Gasteiger charge is 2.49. The van der Waals surface area contributed by atoms with E-state index in [2.05, 4.69) is 20.4 Å². The van der Waals surface area contributed by atoms with Gasteiger partial charge in [-0.15, -0.1) is 0 Å². The SMILES string of the molecule is C=C1CCC2CC(C3(C)CCC(OC(C)=O)CC3)CC[C@]12C. The van der Waals surface area contributed by atoms with Gasteiger partial charge in [-0.25, -0.2) is 0 Å². The summed E-state index contributed by atoms with van der Waals surface area (Å²) in [6.07, 6.45) is 11.4. The first-order valence-corrected chi connectivity index (χ1v) is 9.19. The lowest BCUT2D eigenvalue weighted by atomic mass is 9.56. The van der Waals surface area contributed by atoms with Crippen molar-refractivity contribution >= 4 is 5.97 Å². The molecule has 2 heteroatoms. The van der Waals surface area contributed by atoms with Crippen LogP contribution in [0.2, 0.25) is 0 Å². The van der Waals surface area contributed by atoms with Gasteiger partial charge in [-0.05, 0) is 80.5 Å². The summed E-state index contributed by atoms with van der Waals surface area (Å²) in [5, 5.41) is 0. The molecule has 3 fully saturated rings. The van der Waals surface area contributed by atoms with Gasteiger partial charge in [0.1, 0.15) is 6.10 Å². The monoisotopic (exact) mass is 304 g/mol. The van der Waals surface area contributed by atoms with Gasteiger partial charge in [0.05, 0.1) is 0 Å². The van der Waals surface area contributed by atoms with Crippen molar-refractivity contribution in [2.75, 3.05) is 0 Å². The van der Waals surface area contributed by atoms with Gasteiger partial charge in [0.25, 0.3) is 0 Å². The molecule has 0 aromatic heterocycles. The zero-order valence-electron chi connectivity index (χ0n) is 14.6. The molecule has 0 amide bonds. The Balaban J connectivity index is 1.61. The van der Waals surface area contributed by atoms with E-state index >= 15 is 0 Å². The second kappa shape index (κ2) is 5.69. The Labute approximate surface area is 135 Å². The van der Waals surface area contributed by atoms with E-state index < -0.39 is 0 Å². The van der Waals surface area contributed by atoms with Crippen LogP contribution in [0.5, 0.6) is 0 Å². The Morgan fingerprint density at radius 1 is 1.09 bits per heavy atom. The van der Waals surface area contributed by atoms with Gasteiger partial charge in [0.2, 0.25) is 0 Å². The molecular formula is C20H32O2. The molecule has 0 aromatic carbocycles. The summed E-state index contributed by atoms with van der Waals surface area (Å²) in [5.41, 5.74) is 2.41. The number of esters is 1. The second-order valence-electron chi connectivity index (χ2n) is 8.69. The van der Waals surface area contributed by atoms with Crippen LogP contribution < -0.4 is 0 Å². The molecule has 0 aliphatic heterocycles. The molecule has 3 aliphatic rings. The number of carbonyl (C=O) groups excluding carboxylic acids is 1. The molecule has 2 nitrogen and oxygen atoms in total. The summed E-state index contributed by atoms with van der Waals surface area (Å²) in [7, 11) is 0. The largest absolute Gasteiger partial charge is 0.463 e. The minimum Gasteiger partial charge on any atom is -0.463 e. The fraction of sp³-hybridized carbons (Fsp3) is 0.850. The smallest absolute Gasteiger partial charge is 0.302 e. The third-order valence-electron chi connectivity index (χ3n) is 7.48. The van der Waals surface area contributed by atoms with E-state index in [9.17, 15) is 4.79 Å². The molecule has 0 bridgehead atoms. The lowest BCUT2D eigenvalue weighted by Gasteiger charge is -2.49. The number of hydrogen-bond acceptors (Lipinski definition) is 2. The molecule has 124 valence electrons. The topological polar surface area (TPSA) is 26.3 Å². The van der Waals surface area contributed by atoms with Gasteiger partial charge in [0, 0.05) is 6.92 Å². The zero-order valence-corrected chi connectivity index (χ0v) is 14.6. The molecule has 0 heterocycles. The molecule has 3 aliphatic carbocycles. The van der Waals surface area contributed by atoms with Crippen LogP contribution in [0.15, 0.2) is 12.2 Å². The maximum atomic E-state index is 11.1. The minimum atomic E-state index is -0.119. The van der Waals surface area contributed by atoms with Crippen LogP contribution in [0, 0.1) is 22.7 Å². The predicted octanol–water partition coefficient (Wildman–Crippen LogP) is 5.27. The van der Waals surface area contributed by atoms with Gasteiger partial charge in [-0.1, -0.05) is 26.0 Å². The van der Waals surface area contributed by atoms with Crippen molar-refractivity contribution in [3.63, 3.8) is 0 Å². The van der Waals surface area contributed by atoms with Crippen molar-refractivity contribution in [3.8, 4) is 0 Å². The van der Waals surface area contributed by atoms with Crippen molar-refractivity contribution in [3.05, 3.63) is 12.2 Å². The van der Waals surface area contributed by atoms with Gasteiger partial charge >= 0.3 is 5.97 Å². The molecule has 0 radical (unpaired) electrons. The second-order valence-corrected chi connectivity index (χ2v) is 8.69. The molecule has 3 rings (SSSR count). The number of ether oxygens (including phenoxy) is 1. The summed E-state index contributed by atoms with van der Waals surface area (Å²) < 4.78 is 5.42. The lowest BCUT2D eigenvalue weighted by molar-refractivity contribution is -0.149. The standard InChI is InChI=1S/C20H32O2/c1-14-5-6-17-13-16(7-12-20(14,17)4)19(3)10-8-18(9-11-19)22-15(2)21/h16-18H,1,5-13H2,2-4H3/t16?,17?,18?,19?,20-/m1/s1. The average molecular weight is 304 g/mol. The number of fused-ring (bicyclic) bond motifs is 1. The van der Waals surface area contributed by atoms with E-state index in [-0.39, 0.29) is 12.1 Å². The lowest BCUT2D eigenvalue weighted by Crippen LogP contribution is -2.41. The van der Waals surface area contributed by atoms with E-state index in [0.717, 1.165) is 24.7 Å². The number of allylic oxidation sites excluding steroid dienone is 1. The normalized spacial score (nSPS) is 45.4. The van der Waals surface area contributed by atoms with Crippen LogP contribution in [0.4, 0.5) is 0 Å². The Morgan fingerprint density at radius 3 is 2.41 bits per heavy atom. The molecular weight excluding hydrogens is 272 g/mol. The summed E-state index contributed by atoms with van der Waals surface area (Å²) in [6.45, 7) is 10.8. The van der Waals surface area contributed by atoms with Crippen LogP contribution in [-0.2, 0) is 9.53 Å². The fourth-order valence-corrected chi connectivity index (χ4v) is 5.58. The molecule has 2 unspecified atom stereocenters. The third-order valence-corrected chi connectivity index (χ3v) is 7.48. The highest BCUT2D eigenvalue weighted by Crippen LogP contribution is 2.60. The molecule has 3 atom stereocenters. The highest BCUT2D eigenvalue weighted by atomic mass is 16.5. The highest BCUT2D eigenvalue weighted by molar-refractivity contribution is 5.66. The van der Waals surface area contributed by atoms with Crippen molar-refractivity contribution in [2.24, 2.45) is 22.7 Å². The molecule has 22 heavy (non-hydrogen) atoms. The summed E-state index contributed by atoms with van der Waals surface area (Å²) in [4.78, 5) is 11.1. The van der Waals surface area contributed by atoms with Crippen molar-refractivity contribution in [1.82, 2.24) is 0 Å². The van der Waals surface area contributed by atoms with E-state index in [0.29, 0.717) is 10.8 Å². The number of rotatable bonds is 2. The van der Waals surface area contributed by atoms with Gasteiger partial charge in [0.15, 0.2) is 0 Å².